The quantitative estimate of drug-likeness (QED) is 0.671. The SMILES string of the molecule is O=C(Nc1ccc(N2CCOCC2)c(Cl)c1)c1ccc(-c2ccccc2)cc1. The molecule has 1 fully saturated rings. The van der Waals surface area contributed by atoms with Gasteiger partial charge >= 0.3 is 0 Å². The lowest BCUT2D eigenvalue weighted by molar-refractivity contribution is 0.102. The van der Waals surface area contributed by atoms with Gasteiger partial charge in [-0.1, -0.05) is 54.1 Å². The van der Waals surface area contributed by atoms with E-state index in [0.29, 0.717) is 29.5 Å². The number of rotatable bonds is 4. The highest BCUT2D eigenvalue weighted by Crippen LogP contribution is 2.29. The third-order valence-corrected chi connectivity index (χ3v) is 5.11. The van der Waals surface area contributed by atoms with Crippen LogP contribution in [-0.2, 0) is 4.74 Å². The van der Waals surface area contributed by atoms with Crippen LogP contribution in [0.15, 0.2) is 72.8 Å². The molecule has 1 aliphatic rings. The van der Waals surface area contributed by atoms with E-state index in [0.717, 1.165) is 29.9 Å². The topological polar surface area (TPSA) is 41.6 Å². The normalized spacial score (nSPS) is 14.0. The van der Waals surface area contributed by atoms with Gasteiger partial charge in [0.25, 0.3) is 5.91 Å². The molecular formula is C23H21ClN2O2. The molecule has 4 rings (SSSR count). The molecule has 0 aliphatic carbocycles. The largest absolute Gasteiger partial charge is 0.378 e. The van der Waals surface area contributed by atoms with Crippen molar-refractivity contribution in [1.82, 2.24) is 0 Å². The number of benzene rings is 3. The Morgan fingerprint density at radius 1 is 0.893 bits per heavy atom. The minimum Gasteiger partial charge on any atom is -0.378 e. The average molecular weight is 393 g/mol. The number of carbonyl (C=O) groups is 1. The number of nitrogens with zero attached hydrogens (tertiary/aromatic N) is 1. The predicted molar refractivity (Wildman–Crippen MR) is 114 cm³/mol. The fourth-order valence-corrected chi connectivity index (χ4v) is 3.59. The van der Waals surface area contributed by atoms with Crippen molar-refractivity contribution in [3.05, 3.63) is 83.4 Å². The van der Waals surface area contributed by atoms with Crippen molar-refractivity contribution in [2.45, 2.75) is 0 Å². The van der Waals surface area contributed by atoms with Crippen LogP contribution in [0.1, 0.15) is 10.4 Å². The highest BCUT2D eigenvalue weighted by Gasteiger charge is 2.15. The summed E-state index contributed by atoms with van der Waals surface area (Å²) in [7, 11) is 0. The van der Waals surface area contributed by atoms with Crippen molar-refractivity contribution in [3.63, 3.8) is 0 Å². The zero-order chi connectivity index (χ0) is 19.3. The maximum Gasteiger partial charge on any atom is 0.255 e. The molecule has 3 aromatic carbocycles. The van der Waals surface area contributed by atoms with Gasteiger partial charge in [0, 0.05) is 24.3 Å². The summed E-state index contributed by atoms with van der Waals surface area (Å²) in [4.78, 5) is 14.8. The highest BCUT2D eigenvalue weighted by atomic mass is 35.5. The van der Waals surface area contributed by atoms with Crippen LogP contribution in [0.4, 0.5) is 11.4 Å². The standard InChI is InChI=1S/C23H21ClN2O2/c24-21-16-20(10-11-22(21)26-12-14-28-15-13-26)25-23(27)19-8-6-18(7-9-19)17-4-2-1-3-5-17/h1-11,16H,12-15H2,(H,25,27). The molecule has 0 spiro atoms. The van der Waals surface area contributed by atoms with Gasteiger partial charge in [0.05, 0.1) is 23.9 Å². The van der Waals surface area contributed by atoms with Gasteiger partial charge in [0.15, 0.2) is 0 Å². The summed E-state index contributed by atoms with van der Waals surface area (Å²) < 4.78 is 5.38. The van der Waals surface area contributed by atoms with Gasteiger partial charge in [-0.15, -0.1) is 0 Å². The summed E-state index contributed by atoms with van der Waals surface area (Å²) in [6.45, 7) is 3.04. The molecule has 142 valence electrons. The van der Waals surface area contributed by atoms with Crippen LogP contribution in [0.5, 0.6) is 0 Å². The first-order chi connectivity index (χ1) is 13.7. The molecule has 1 heterocycles. The third-order valence-electron chi connectivity index (χ3n) is 4.81. The maximum absolute atomic E-state index is 12.6. The zero-order valence-corrected chi connectivity index (χ0v) is 16.2. The summed E-state index contributed by atoms with van der Waals surface area (Å²) >= 11 is 6.45. The molecule has 0 atom stereocenters. The molecule has 0 bridgehead atoms. The maximum atomic E-state index is 12.6. The number of anilines is 2. The smallest absolute Gasteiger partial charge is 0.255 e. The number of carbonyl (C=O) groups excluding carboxylic acids is 1. The molecule has 1 aliphatic heterocycles. The van der Waals surface area contributed by atoms with Gasteiger partial charge in [0.2, 0.25) is 0 Å². The second kappa shape index (κ2) is 8.46. The summed E-state index contributed by atoms with van der Waals surface area (Å²) in [6, 6.07) is 23.3. The Bertz CT molecular complexity index is 952. The van der Waals surface area contributed by atoms with E-state index in [1.165, 1.54) is 0 Å². The Labute approximate surface area is 169 Å². The van der Waals surface area contributed by atoms with Crippen LogP contribution in [0.25, 0.3) is 11.1 Å². The molecule has 0 radical (unpaired) electrons. The zero-order valence-electron chi connectivity index (χ0n) is 15.4. The first-order valence-electron chi connectivity index (χ1n) is 9.30. The van der Waals surface area contributed by atoms with E-state index < -0.39 is 0 Å². The molecular weight excluding hydrogens is 372 g/mol. The Balaban J connectivity index is 1.45. The first kappa shape index (κ1) is 18.5. The Hall–Kier alpha value is -2.82. The Morgan fingerprint density at radius 2 is 1.57 bits per heavy atom. The molecule has 1 N–H and O–H groups in total. The molecule has 28 heavy (non-hydrogen) atoms. The van der Waals surface area contributed by atoms with Crippen molar-refractivity contribution in [2.75, 3.05) is 36.5 Å². The third kappa shape index (κ3) is 4.19. The second-order valence-corrected chi connectivity index (χ2v) is 7.07. The highest BCUT2D eigenvalue weighted by molar-refractivity contribution is 6.33. The van der Waals surface area contributed by atoms with E-state index in [1.807, 2.05) is 66.7 Å². The predicted octanol–water partition coefficient (Wildman–Crippen LogP) is 5.10. The fraction of sp³-hybridized carbons (Fsp3) is 0.174. The van der Waals surface area contributed by atoms with Gasteiger partial charge in [-0.05, 0) is 41.5 Å². The molecule has 0 aromatic heterocycles. The molecule has 5 heteroatoms. The molecule has 1 amide bonds. The average Bonchev–Trinajstić information content (AvgIpc) is 2.75. The Kier molecular flexibility index (Phi) is 5.60. The van der Waals surface area contributed by atoms with Crippen molar-refractivity contribution in [3.8, 4) is 11.1 Å². The van der Waals surface area contributed by atoms with E-state index in [9.17, 15) is 4.79 Å². The van der Waals surface area contributed by atoms with Crippen molar-refractivity contribution < 1.29 is 9.53 Å². The molecule has 1 saturated heterocycles. The van der Waals surface area contributed by atoms with Gasteiger partial charge in [-0.3, -0.25) is 4.79 Å². The van der Waals surface area contributed by atoms with E-state index >= 15 is 0 Å². The summed E-state index contributed by atoms with van der Waals surface area (Å²) in [5.41, 5.74) is 4.46. The van der Waals surface area contributed by atoms with Gasteiger partial charge in [0.1, 0.15) is 0 Å². The summed E-state index contributed by atoms with van der Waals surface area (Å²) in [6.07, 6.45) is 0. The minimum absolute atomic E-state index is 0.158. The van der Waals surface area contributed by atoms with E-state index in [4.69, 9.17) is 16.3 Å². The first-order valence-corrected chi connectivity index (χ1v) is 9.67. The second-order valence-electron chi connectivity index (χ2n) is 6.66. The van der Waals surface area contributed by atoms with Crippen molar-refractivity contribution >= 4 is 28.9 Å². The molecule has 3 aromatic rings. The van der Waals surface area contributed by atoms with Crippen LogP contribution in [0.2, 0.25) is 5.02 Å². The van der Waals surface area contributed by atoms with Gasteiger partial charge in [-0.25, -0.2) is 0 Å². The van der Waals surface area contributed by atoms with Crippen LogP contribution in [-0.4, -0.2) is 32.2 Å². The molecule has 0 saturated carbocycles. The minimum atomic E-state index is -0.158. The lowest BCUT2D eigenvalue weighted by atomic mass is 10.0. The number of morpholine rings is 1. The number of hydrogen-bond acceptors (Lipinski definition) is 3. The fourth-order valence-electron chi connectivity index (χ4n) is 3.29. The molecule has 4 nitrogen and oxygen atoms in total. The van der Waals surface area contributed by atoms with Gasteiger partial charge < -0.3 is 15.0 Å². The number of halogens is 1. The van der Waals surface area contributed by atoms with E-state index in [2.05, 4.69) is 10.2 Å². The van der Waals surface area contributed by atoms with Crippen LogP contribution < -0.4 is 10.2 Å². The summed E-state index contributed by atoms with van der Waals surface area (Å²) in [5, 5.41) is 3.55. The summed E-state index contributed by atoms with van der Waals surface area (Å²) in [5.74, 6) is -0.158. The van der Waals surface area contributed by atoms with Crippen molar-refractivity contribution in [1.29, 1.82) is 0 Å². The number of hydrogen-bond donors (Lipinski definition) is 1. The molecule has 0 unspecified atom stereocenters. The van der Waals surface area contributed by atoms with Crippen molar-refractivity contribution in [2.24, 2.45) is 0 Å². The number of nitrogens with one attached hydrogen (secondary N) is 1. The van der Waals surface area contributed by atoms with E-state index in [-0.39, 0.29) is 5.91 Å². The lowest BCUT2D eigenvalue weighted by Gasteiger charge is -2.29. The Morgan fingerprint density at radius 3 is 2.25 bits per heavy atom. The number of ether oxygens (including phenoxy) is 1. The lowest BCUT2D eigenvalue weighted by Crippen LogP contribution is -2.36. The number of amides is 1. The monoisotopic (exact) mass is 392 g/mol. The van der Waals surface area contributed by atoms with E-state index in [1.54, 1.807) is 6.07 Å². The van der Waals surface area contributed by atoms with Gasteiger partial charge in [-0.2, -0.15) is 0 Å². The van der Waals surface area contributed by atoms with Crippen LogP contribution in [0, 0.1) is 0 Å². The van der Waals surface area contributed by atoms with Crippen LogP contribution >= 0.6 is 11.6 Å². The van der Waals surface area contributed by atoms with Crippen LogP contribution in [0.3, 0.4) is 0 Å².